The fourth-order valence-electron chi connectivity index (χ4n) is 4.26. The molecule has 2 aromatic carbocycles. The Hall–Kier alpha value is -3.71. The van der Waals surface area contributed by atoms with Gasteiger partial charge in [-0.25, -0.2) is 0 Å². The molecule has 194 valence electrons. The quantitative estimate of drug-likeness (QED) is 0.426. The van der Waals surface area contributed by atoms with Crippen LogP contribution in [-0.2, 0) is 0 Å². The third kappa shape index (κ3) is 4.45. The van der Waals surface area contributed by atoms with Gasteiger partial charge in [0.15, 0.2) is 23.0 Å². The van der Waals surface area contributed by atoms with Gasteiger partial charge < -0.3 is 24.7 Å². The van der Waals surface area contributed by atoms with Crippen LogP contribution in [0.15, 0.2) is 43.6 Å². The van der Waals surface area contributed by atoms with Gasteiger partial charge in [0.2, 0.25) is 0 Å². The lowest BCUT2D eigenvalue weighted by molar-refractivity contribution is 0.352. The largest absolute Gasteiger partial charge is 0.493 e. The van der Waals surface area contributed by atoms with Crippen molar-refractivity contribution < 1.29 is 18.9 Å². The summed E-state index contributed by atoms with van der Waals surface area (Å²) in [7, 11) is 6.04. The van der Waals surface area contributed by atoms with E-state index >= 15 is 0 Å². The fourth-order valence-corrected chi connectivity index (χ4v) is 6.63. The molecule has 1 atom stereocenters. The Morgan fingerprint density at radius 1 is 0.921 bits per heavy atom. The number of nitrogens with zero attached hydrogens (tertiary/aromatic N) is 3. The second kappa shape index (κ2) is 11.0. The number of nitriles is 2. The molecule has 0 spiro atoms. The summed E-state index contributed by atoms with van der Waals surface area (Å²) in [4.78, 5) is 13.5. The molecule has 0 fully saturated rings. The third-order valence-corrected chi connectivity index (χ3v) is 8.22. The molecule has 0 bridgehead atoms. The van der Waals surface area contributed by atoms with Crippen LogP contribution < -0.4 is 39.4 Å². The average Bonchev–Trinajstić information content (AvgIpc) is 3.23. The highest BCUT2D eigenvalue weighted by molar-refractivity contribution is 9.11. The van der Waals surface area contributed by atoms with E-state index in [2.05, 4.69) is 44.0 Å². The maximum absolute atomic E-state index is 13.5. The number of rotatable bonds is 6. The fraction of sp³-hybridized carbons (Fsp3) is 0.192. The number of allylic oxidation sites excluding steroid dienone is 1. The van der Waals surface area contributed by atoms with Crippen LogP contribution in [0.4, 0.5) is 0 Å². The van der Waals surface area contributed by atoms with Crippen LogP contribution in [0.25, 0.3) is 17.5 Å². The van der Waals surface area contributed by atoms with Gasteiger partial charge in [0.1, 0.15) is 10.5 Å². The van der Waals surface area contributed by atoms with Gasteiger partial charge >= 0.3 is 0 Å². The Bertz CT molecular complexity index is 1760. The van der Waals surface area contributed by atoms with Crippen LogP contribution in [0.2, 0.25) is 0 Å². The monoisotopic (exact) mass is 658 g/mol. The second-order valence-electron chi connectivity index (χ2n) is 7.90. The van der Waals surface area contributed by atoms with Crippen molar-refractivity contribution in [3.63, 3.8) is 0 Å². The molecule has 1 aromatic heterocycles. The number of nitrogens with two attached hydrogens (primary N) is 1. The summed E-state index contributed by atoms with van der Waals surface area (Å²) in [5.41, 5.74) is 7.49. The van der Waals surface area contributed by atoms with E-state index in [9.17, 15) is 15.3 Å². The van der Waals surface area contributed by atoms with Crippen molar-refractivity contribution in [1.82, 2.24) is 4.57 Å². The lowest BCUT2D eigenvalue weighted by Crippen LogP contribution is -2.38. The Labute approximate surface area is 238 Å². The van der Waals surface area contributed by atoms with E-state index in [1.165, 1.54) is 33.0 Å². The van der Waals surface area contributed by atoms with E-state index in [4.69, 9.17) is 24.7 Å². The van der Waals surface area contributed by atoms with Crippen molar-refractivity contribution in [2.24, 2.45) is 5.73 Å². The minimum Gasteiger partial charge on any atom is -0.493 e. The van der Waals surface area contributed by atoms with Crippen LogP contribution >= 0.6 is 43.2 Å². The lowest BCUT2D eigenvalue weighted by Gasteiger charge is -2.23. The van der Waals surface area contributed by atoms with E-state index in [1.54, 1.807) is 30.3 Å². The van der Waals surface area contributed by atoms with E-state index in [1.807, 2.05) is 0 Å². The number of ether oxygens (including phenoxy) is 4. The molecule has 4 rings (SSSR count). The predicted molar refractivity (Wildman–Crippen MR) is 151 cm³/mol. The minimum absolute atomic E-state index is 0.0354. The average molecular weight is 660 g/mol. The Morgan fingerprint density at radius 3 is 2.05 bits per heavy atom. The maximum Gasteiger partial charge on any atom is 0.274 e. The van der Waals surface area contributed by atoms with Crippen molar-refractivity contribution >= 4 is 60.7 Å². The number of hydrogen-bond acceptors (Lipinski definition) is 9. The van der Waals surface area contributed by atoms with E-state index in [0.29, 0.717) is 52.3 Å². The molecule has 0 radical (unpaired) electrons. The molecule has 0 saturated heterocycles. The summed E-state index contributed by atoms with van der Waals surface area (Å²) in [6.07, 6.45) is 1.67. The molecule has 0 aliphatic carbocycles. The maximum atomic E-state index is 13.5. The van der Waals surface area contributed by atoms with E-state index in [0.717, 1.165) is 11.3 Å². The van der Waals surface area contributed by atoms with Crippen LogP contribution in [0.3, 0.4) is 0 Å². The normalized spacial score (nSPS) is 15.0. The van der Waals surface area contributed by atoms with Crippen molar-refractivity contribution in [2.75, 3.05) is 28.4 Å². The van der Waals surface area contributed by atoms with Gasteiger partial charge in [0, 0.05) is 0 Å². The van der Waals surface area contributed by atoms with Crippen molar-refractivity contribution in [1.29, 1.82) is 10.5 Å². The van der Waals surface area contributed by atoms with Gasteiger partial charge in [-0.3, -0.25) is 9.36 Å². The van der Waals surface area contributed by atoms with Crippen molar-refractivity contribution in [2.45, 2.75) is 5.92 Å². The minimum atomic E-state index is -0.817. The smallest absolute Gasteiger partial charge is 0.274 e. The highest BCUT2D eigenvalue weighted by Crippen LogP contribution is 2.43. The first-order valence-electron chi connectivity index (χ1n) is 10.8. The van der Waals surface area contributed by atoms with Gasteiger partial charge in [-0.1, -0.05) is 0 Å². The molecule has 12 heteroatoms. The first-order chi connectivity index (χ1) is 18.2. The number of thiazole rings is 1. The molecule has 1 aliphatic heterocycles. The number of hydrogen-bond donors (Lipinski definition) is 1. The highest BCUT2D eigenvalue weighted by atomic mass is 79.9. The van der Waals surface area contributed by atoms with Crippen molar-refractivity contribution in [3.8, 4) is 35.1 Å². The molecule has 2 N–H and O–H groups in total. The molecule has 0 saturated carbocycles. The number of aromatic nitrogens is 1. The molecular weight excluding hydrogens is 640 g/mol. The van der Waals surface area contributed by atoms with E-state index < -0.39 is 11.5 Å². The molecule has 1 aliphatic rings. The number of methoxy groups -OCH3 is 4. The van der Waals surface area contributed by atoms with Crippen molar-refractivity contribution in [3.05, 3.63) is 69.5 Å². The highest BCUT2D eigenvalue weighted by Gasteiger charge is 2.33. The summed E-state index contributed by atoms with van der Waals surface area (Å²) in [6.45, 7) is 0. The van der Waals surface area contributed by atoms with Crippen LogP contribution in [0.5, 0.6) is 23.0 Å². The first kappa shape index (κ1) is 27.3. The molecule has 3 aromatic rings. The Morgan fingerprint density at radius 2 is 1.50 bits per heavy atom. The van der Waals surface area contributed by atoms with Crippen LogP contribution in [0, 0.1) is 22.7 Å². The molecule has 0 unspecified atom stereocenters. The summed E-state index contributed by atoms with van der Waals surface area (Å²) >= 11 is 8.04. The van der Waals surface area contributed by atoms with Gasteiger partial charge in [-0.05, 0) is 73.3 Å². The standard InChI is InChI=1S/C26H20Br2N4O5S/c1-34-18-6-12(5-16(27)22(18)36-3)7-20-25(33)32-24(31)14(10-29)21(15(11-30)26(32)38-20)13-8-17(28)23(37-4)19(9-13)35-2/h5-9,21H,31H2,1-4H3/t21-/m1/s1. The summed E-state index contributed by atoms with van der Waals surface area (Å²) in [5.74, 6) is 1.01. The second-order valence-corrected chi connectivity index (χ2v) is 10.6. The molecule has 2 heterocycles. The van der Waals surface area contributed by atoms with Gasteiger partial charge in [0.25, 0.3) is 5.56 Å². The topological polar surface area (TPSA) is 133 Å². The lowest BCUT2D eigenvalue weighted by atomic mass is 9.84. The van der Waals surface area contributed by atoms with Crippen LogP contribution in [-0.4, -0.2) is 33.0 Å². The zero-order valence-electron chi connectivity index (χ0n) is 20.6. The molecule has 38 heavy (non-hydrogen) atoms. The Balaban J connectivity index is 2.03. The number of fused-ring (bicyclic) bond motifs is 1. The molecule has 9 nitrogen and oxygen atoms in total. The number of benzene rings is 2. The predicted octanol–water partition coefficient (Wildman–Crippen LogP) is 3.42. The van der Waals surface area contributed by atoms with Gasteiger partial charge in [0.05, 0.1) is 71.1 Å². The number of halogens is 2. The zero-order valence-corrected chi connectivity index (χ0v) is 24.6. The molecular formula is C26H20Br2N4O5S. The summed E-state index contributed by atoms with van der Waals surface area (Å²) in [6, 6.07) is 11.2. The third-order valence-electron chi connectivity index (χ3n) is 5.93. The van der Waals surface area contributed by atoms with E-state index in [-0.39, 0.29) is 17.0 Å². The van der Waals surface area contributed by atoms with Gasteiger partial charge in [-0.2, -0.15) is 10.5 Å². The SMILES string of the molecule is COc1cc(C=c2sc3n(c2=O)C(N)=C(C#N)[C@@H](c2cc(Br)c(OC)c(OC)c2)C=3C#N)cc(Br)c1OC. The first-order valence-corrected chi connectivity index (χ1v) is 13.3. The Kier molecular flexibility index (Phi) is 7.88. The van der Waals surface area contributed by atoms with Gasteiger partial charge in [-0.15, -0.1) is 11.3 Å². The molecule has 0 amide bonds. The summed E-state index contributed by atoms with van der Waals surface area (Å²) < 4.78 is 24.7. The van der Waals surface area contributed by atoms with Crippen LogP contribution in [0.1, 0.15) is 17.0 Å². The summed E-state index contributed by atoms with van der Waals surface area (Å²) in [5, 5.41) is 20.3. The zero-order chi connectivity index (χ0) is 27.7.